The van der Waals surface area contributed by atoms with Gasteiger partial charge in [-0.15, -0.1) is 0 Å². The van der Waals surface area contributed by atoms with Crippen LogP contribution in [0.2, 0.25) is 0 Å². The molecule has 33 heavy (non-hydrogen) atoms. The highest BCUT2D eigenvalue weighted by molar-refractivity contribution is 5.09. The van der Waals surface area contributed by atoms with Crippen molar-refractivity contribution in [1.29, 1.82) is 0 Å². The van der Waals surface area contributed by atoms with Crippen LogP contribution in [-0.2, 0) is 26.2 Å². The molecule has 166 valence electrons. The largest absolute Gasteiger partial charge is 0.366 e. The molecule has 4 aromatic heterocycles. The van der Waals surface area contributed by atoms with Crippen molar-refractivity contribution in [3.8, 4) is 0 Å². The van der Waals surface area contributed by atoms with Crippen molar-refractivity contribution in [2.24, 2.45) is 0 Å². The average Bonchev–Trinajstić information content (AvgIpc) is 2.86. The predicted molar refractivity (Wildman–Crippen MR) is 129 cm³/mol. The second-order valence-corrected chi connectivity index (χ2v) is 7.74. The maximum absolute atomic E-state index is 4.50. The smallest absolute Gasteiger partial charge is 0.0600 e. The summed E-state index contributed by atoms with van der Waals surface area (Å²) < 4.78 is 0. The Kier molecular flexibility index (Phi) is 8.26. The number of nitrogens with zero attached hydrogens (tertiary/aromatic N) is 6. The molecule has 4 aromatic rings. The third kappa shape index (κ3) is 7.63. The summed E-state index contributed by atoms with van der Waals surface area (Å²) in [6.45, 7) is 3.71. The first-order valence-corrected chi connectivity index (χ1v) is 11.1. The lowest BCUT2D eigenvalue weighted by Crippen LogP contribution is -2.25. The lowest BCUT2D eigenvalue weighted by atomic mass is 10.2. The molecule has 0 saturated carbocycles. The SMILES string of the molecule is C(=CN(Cc1ccccn1)Cc1ccccn1)CN(Cc1ccccn1)Cc1ccccn1. The van der Waals surface area contributed by atoms with E-state index in [0.29, 0.717) is 13.1 Å². The lowest BCUT2D eigenvalue weighted by molar-refractivity contribution is 0.275. The van der Waals surface area contributed by atoms with E-state index in [9.17, 15) is 0 Å². The maximum atomic E-state index is 4.50. The van der Waals surface area contributed by atoms with Crippen LogP contribution in [0.4, 0.5) is 0 Å². The first-order chi connectivity index (χ1) is 16.3. The lowest BCUT2D eigenvalue weighted by Gasteiger charge is -2.22. The Bertz CT molecular complexity index is 1010. The van der Waals surface area contributed by atoms with E-state index in [2.05, 4.69) is 54.1 Å². The fraction of sp³-hybridized carbons (Fsp3) is 0.185. The summed E-state index contributed by atoms with van der Waals surface area (Å²) in [7, 11) is 0. The number of hydrogen-bond donors (Lipinski definition) is 0. The molecule has 4 rings (SSSR count). The third-order valence-corrected chi connectivity index (χ3v) is 5.09. The molecule has 0 fully saturated rings. The van der Waals surface area contributed by atoms with Gasteiger partial charge in [0.2, 0.25) is 0 Å². The first-order valence-electron chi connectivity index (χ1n) is 11.1. The molecular formula is C27H28N6. The van der Waals surface area contributed by atoms with E-state index in [0.717, 1.165) is 42.4 Å². The van der Waals surface area contributed by atoms with E-state index in [1.54, 1.807) is 0 Å². The van der Waals surface area contributed by atoms with Crippen LogP contribution in [-0.4, -0.2) is 36.3 Å². The minimum Gasteiger partial charge on any atom is -0.366 e. The molecule has 0 aliphatic heterocycles. The van der Waals surface area contributed by atoms with Gasteiger partial charge in [0.15, 0.2) is 0 Å². The highest BCUT2D eigenvalue weighted by Crippen LogP contribution is 2.10. The van der Waals surface area contributed by atoms with Crippen molar-refractivity contribution >= 4 is 0 Å². The number of pyridine rings is 4. The predicted octanol–water partition coefficient (Wildman–Crippen LogP) is 4.48. The third-order valence-electron chi connectivity index (χ3n) is 5.09. The van der Waals surface area contributed by atoms with Crippen LogP contribution in [0.25, 0.3) is 0 Å². The molecular weight excluding hydrogens is 408 g/mol. The van der Waals surface area contributed by atoms with Gasteiger partial charge < -0.3 is 4.90 Å². The highest BCUT2D eigenvalue weighted by atomic mass is 15.1. The molecule has 4 heterocycles. The summed E-state index contributed by atoms with van der Waals surface area (Å²) in [5, 5.41) is 0. The van der Waals surface area contributed by atoms with Crippen molar-refractivity contribution in [3.05, 3.63) is 133 Å². The molecule has 0 amide bonds. The summed E-state index contributed by atoms with van der Waals surface area (Å²) in [5.74, 6) is 0. The summed E-state index contributed by atoms with van der Waals surface area (Å²) in [6.07, 6.45) is 11.7. The van der Waals surface area contributed by atoms with Gasteiger partial charge in [0, 0.05) is 44.4 Å². The molecule has 0 atom stereocenters. The average molecular weight is 437 g/mol. The van der Waals surface area contributed by atoms with Gasteiger partial charge in [-0.2, -0.15) is 0 Å². The van der Waals surface area contributed by atoms with Gasteiger partial charge >= 0.3 is 0 Å². The number of rotatable bonds is 11. The van der Waals surface area contributed by atoms with E-state index >= 15 is 0 Å². The van der Waals surface area contributed by atoms with Crippen LogP contribution >= 0.6 is 0 Å². The number of hydrogen-bond acceptors (Lipinski definition) is 6. The fourth-order valence-corrected chi connectivity index (χ4v) is 3.53. The minimum atomic E-state index is 0.717. The zero-order valence-electron chi connectivity index (χ0n) is 18.6. The van der Waals surface area contributed by atoms with Gasteiger partial charge in [-0.05, 0) is 54.7 Å². The van der Waals surface area contributed by atoms with E-state index in [1.807, 2.05) is 85.5 Å². The molecule has 0 bridgehead atoms. The number of aromatic nitrogens is 4. The van der Waals surface area contributed by atoms with Crippen molar-refractivity contribution < 1.29 is 0 Å². The monoisotopic (exact) mass is 436 g/mol. The topological polar surface area (TPSA) is 58.0 Å². The summed E-state index contributed by atoms with van der Waals surface area (Å²) in [6, 6.07) is 24.1. The zero-order chi connectivity index (χ0) is 22.6. The Morgan fingerprint density at radius 3 is 1.27 bits per heavy atom. The van der Waals surface area contributed by atoms with E-state index < -0.39 is 0 Å². The van der Waals surface area contributed by atoms with Crippen molar-refractivity contribution in [2.45, 2.75) is 26.2 Å². The second kappa shape index (κ2) is 12.2. The Morgan fingerprint density at radius 2 is 0.909 bits per heavy atom. The van der Waals surface area contributed by atoms with Crippen molar-refractivity contribution in [1.82, 2.24) is 29.7 Å². The summed E-state index contributed by atoms with van der Waals surface area (Å²) in [5.41, 5.74) is 4.13. The van der Waals surface area contributed by atoms with Gasteiger partial charge in [-0.3, -0.25) is 24.8 Å². The minimum absolute atomic E-state index is 0.717. The summed E-state index contributed by atoms with van der Waals surface area (Å²) in [4.78, 5) is 22.6. The molecule has 0 N–H and O–H groups in total. The Hall–Kier alpha value is -3.90. The molecule has 0 aliphatic rings. The van der Waals surface area contributed by atoms with Crippen molar-refractivity contribution in [2.75, 3.05) is 6.54 Å². The van der Waals surface area contributed by atoms with Crippen LogP contribution < -0.4 is 0 Å². The van der Waals surface area contributed by atoms with E-state index in [1.165, 1.54) is 0 Å². The van der Waals surface area contributed by atoms with E-state index in [4.69, 9.17) is 0 Å². The molecule has 6 nitrogen and oxygen atoms in total. The molecule has 0 aromatic carbocycles. The van der Waals surface area contributed by atoms with Crippen LogP contribution in [0.3, 0.4) is 0 Å². The first kappa shape index (κ1) is 22.3. The van der Waals surface area contributed by atoms with Crippen LogP contribution in [0.15, 0.2) is 110 Å². The molecule has 0 spiro atoms. The second-order valence-electron chi connectivity index (χ2n) is 7.74. The Labute approximate surface area is 195 Å². The highest BCUT2D eigenvalue weighted by Gasteiger charge is 2.09. The van der Waals surface area contributed by atoms with Gasteiger partial charge in [0.25, 0.3) is 0 Å². The van der Waals surface area contributed by atoms with Gasteiger partial charge in [0.1, 0.15) is 0 Å². The standard InChI is InChI=1S/C27H28N6/c1-5-14-28-24(10-1)20-32(21-25-11-2-6-15-29-25)18-9-19-33(22-26-12-3-7-16-30-26)23-27-13-4-8-17-31-27/h1-18H,19-23H2. The zero-order valence-corrected chi connectivity index (χ0v) is 18.6. The Morgan fingerprint density at radius 1 is 0.515 bits per heavy atom. The van der Waals surface area contributed by atoms with Gasteiger partial charge in [0.05, 0.1) is 35.9 Å². The quantitative estimate of drug-likeness (QED) is 0.345. The van der Waals surface area contributed by atoms with Gasteiger partial charge in [-0.25, -0.2) is 0 Å². The molecule has 0 aliphatic carbocycles. The Balaban J connectivity index is 1.46. The van der Waals surface area contributed by atoms with Crippen LogP contribution in [0.1, 0.15) is 22.8 Å². The van der Waals surface area contributed by atoms with E-state index in [-0.39, 0.29) is 0 Å². The molecule has 0 unspecified atom stereocenters. The van der Waals surface area contributed by atoms with Crippen molar-refractivity contribution in [3.63, 3.8) is 0 Å². The van der Waals surface area contributed by atoms with Crippen LogP contribution in [0, 0.1) is 0 Å². The maximum Gasteiger partial charge on any atom is 0.0600 e. The van der Waals surface area contributed by atoms with Gasteiger partial charge in [-0.1, -0.05) is 30.3 Å². The molecule has 0 saturated heterocycles. The molecule has 6 heteroatoms. The molecule has 0 radical (unpaired) electrons. The fourth-order valence-electron chi connectivity index (χ4n) is 3.53. The van der Waals surface area contributed by atoms with Crippen LogP contribution in [0.5, 0.6) is 0 Å². The summed E-state index contributed by atoms with van der Waals surface area (Å²) >= 11 is 0. The normalized spacial score (nSPS) is 11.2.